The SMILES string of the molecule is O=C1C2CCCCC2C(=O)N1CC(O)COCc1ccc(Cl)cc1. The first-order valence-corrected chi connectivity index (χ1v) is 8.79. The molecule has 1 aromatic rings. The number of fused-ring (bicyclic) bond motifs is 1. The Hall–Kier alpha value is -1.43. The highest BCUT2D eigenvalue weighted by molar-refractivity contribution is 6.30. The van der Waals surface area contributed by atoms with Crippen LogP contribution in [-0.2, 0) is 20.9 Å². The summed E-state index contributed by atoms with van der Waals surface area (Å²) in [7, 11) is 0. The van der Waals surface area contributed by atoms with Gasteiger partial charge in [-0.25, -0.2) is 0 Å². The van der Waals surface area contributed by atoms with Crippen LogP contribution in [-0.4, -0.2) is 41.1 Å². The predicted molar refractivity (Wildman–Crippen MR) is 89.3 cm³/mol. The molecular weight excluding hydrogens is 330 g/mol. The lowest BCUT2D eigenvalue weighted by Crippen LogP contribution is -2.39. The molecule has 1 saturated carbocycles. The van der Waals surface area contributed by atoms with Gasteiger partial charge in [0.2, 0.25) is 11.8 Å². The number of rotatable bonds is 6. The van der Waals surface area contributed by atoms with Gasteiger partial charge in [0.25, 0.3) is 0 Å². The highest BCUT2D eigenvalue weighted by atomic mass is 35.5. The summed E-state index contributed by atoms with van der Waals surface area (Å²) in [6.07, 6.45) is 2.70. The first-order valence-electron chi connectivity index (χ1n) is 8.41. The smallest absolute Gasteiger partial charge is 0.233 e. The number of benzene rings is 1. The van der Waals surface area contributed by atoms with Crippen molar-refractivity contribution in [1.29, 1.82) is 0 Å². The van der Waals surface area contributed by atoms with E-state index in [0.717, 1.165) is 31.2 Å². The van der Waals surface area contributed by atoms with Crippen LogP contribution in [0.2, 0.25) is 5.02 Å². The topological polar surface area (TPSA) is 66.8 Å². The molecule has 6 heteroatoms. The summed E-state index contributed by atoms with van der Waals surface area (Å²) in [4.78, 5) is 25.9. The Bertz CT molecular complexity index is 580. The van der Waals surface area contributed by atoms with Crippen LogP contribution in [0.25, 0.3) is 0 Å². The Labute approximate surface area is 146 Å². The normalized spacial score (nSPS) is 25.0. The fraction of sp³-hybridized carbons (Fsp3) is 0.556. The Morgan fingerprint density at radius 2 is 1.71 bits per heavy atom. The number of aliphatic hydroxyl groups is 1. The summed E-state index contributed by atoms with van der Waals surface area (Å²) < 4.78 is 5.48. The summed E-state index contributed by atoms with van der Waals surface area (Å²) in [5.41, 5.74) is 0.950. The maximum Gasteiger partial charge on any atom is 0.233 e. The number of aliphatic hydroxyl groups excluding tert-OH is 1. The first-order chi connectivity index (χ1) is 11.6. The van der Waals surface area contributed by atoms with Gasteiger partial charge in [0.05, 0.1) is 37.7 Å². The van der Waals surface area contributed by atoms with E-state index < -0.39 is 6.10 Å². The summed E-state index contributed by atoms with van der Waals surface area (Å²) in [6.45, 7) is 0.446. The Kier molecular flexibility index (Phi) is 5.54. The maximum atomic E-state index is 12.4. The molecular formula is C18H22ClNO4. The van der Waals surface area contributed by atoms with Crippen molar-refractivity contribution in [2.75, 3.05) is 13.2 Å². The van der Waals surface area contributed by atoms with Crippen molar-refractivity contribution in [3.05, 3.63) is 34.9 Å². The fourth-order valence-corrected chi connectivity index (χ4v) is 3.69. The molecule has 0 radical (unpaired) electrons. The number of carbonyl (C=O) groups is 2. The number of amides is 2. The van der Waals surface area contributed by atoms with E-state index in [2.05, 4.69) is 0 Å². The molecule has 3 rings (SSSR count). The largest absolute Gasteiger partial charge is 0.389 e. The number of carbonyl (C=O) groups excluding carboxylic acids is 2. The van der Waals surface area contributed by atoms with Crippen LogP contribution in [0.15, 0.2) is 24.3 Å². The molecule has 0 spiro atoms. The van der Waals surface area contributed by atoms with E-state index in [-0.39, 0.29) is 36.8 Å². The molecule has 1 N–H and O–H groups in total. The lowest BCUT2D eigenvalue weighted by atomic mass is 9.81. The molecule has 2 fully saturated rings. The summed E-state index contributed by atoms with van der Waals surface area (Å²) in [6, 6.07) is 7.26. The molecule has 130 valence electrons. The zero-order valence-corrected chi connectivity index (χ0v) is 14.2. The van der Waals surface area contributed by atoms with Crippen LogP contribution in [0.4, 0.5) is 0 Å². The number of halogens is 1. The van der Waals surface area contributed by atoms with E-state index in [0.29, 0.717) is 11.6 Å². The fourth-order valence-electron chi connectivity index (χ4n) is 3.57. The van der Waals surface area contributed by atoms with Gasteiger partial charge in [-0.15, -0.1) is 0 Å². The van der Waals surface area contributed by atoms with Gasteiger partial charge in [0, 0.05) is 5.02 Å². The molecule has 24 heavy (non-hydrogen) atoms. The van der Waals surface area contributed by atoms with Gasteiger partial charge in [-0.1, -0.05) is 36.6 Å². The van der Waals surface area contributed by atoms with Crippen LogP contribution in [0, 0.1) is 11.8 Å². The van der Waals surface area contributed by atoms with Gasteiger partial charge in [-0.3, -0.25) is 14.5 Å². The number of ether oxygens (including phenoxy) is 1. The van der Waals surface area contributed by atoms with E-state index in [1.165, 1.54) is 4.90 Å². The van der Waals surface area contributed by atoms with Crippen molar-refractivity contribution in [3.8, 4) is 0 Å². The second kappa shape index (κ2) is 7.64. The number of nitrogens with zero attached hydrogens (tertiary/aromatic N) is 1. The van der Waals surface area contributed by atoms with Gasteiger partial charge in [-0.2, -0.15) is 0 Å². The molecule has 1 heterocycles. The highest BCUT2D eigenvalue weighted by Gasteiger charge is 2.48. The molecule has 1 aromatic carbocycles. The van der Waals surface area contributed by atoms with Crippen molar-refractivity contribution >= 4 is 23.4 Å². The van der Waals surface area contributed by atoms with Crippen LogP contribution in [0.3, 0.4) is 0 Å². The Morgan fingerprint density at radius 1 is 1.12 bits per heavy atom. The lowest BCUT2D eigenvalue weighted by Gasteiger charge is -2.19. The predicted octanol–water partition coefficient (Wildman–Crippen LogP) is 2.39. The number of likely N-dealkylation sites (tertiary alicyclic amines) is 1. The second-order valence-corrected chi connectivity index (χ2v) is 7.02. The van der Waals surface area contributed by atoms with Crippen LogP contribution >= 0.6 is 11.6 Å². The molecule has 2 amide bonds. The number of hydrogen-bond donors (Lipinski definition) is 1. The molecule has 1 aliphatic heterocycles. The maximum absolute atomic E-state index is 12.4. The van der Waals surface area contributed by atoms with E-state index in [1.807, 2.05) is 12.1 Å². The van der Waals surface area contributed by atoms with Gasteiger partial charge in [-0.05, 0) is 30.5 Å². The van der Waals surface area contributed by atoms with Crippen molar-refractivity contribution in [2.45, 2.75) is 38.4 Å². The molecule has 3 atom stereocenters. The van der Waals surface area contributed by atoms with Crippen molar-refractivity contribution in [3.63, 3.8) is 0 Å². The number of β-amino-alcohol motifs (C(OH)–C–C–N with tert-alkyl or cyclic N) is 1. The second-order valence-electron chi connectivity index (χ2n) is 6.58. The van der Waals surface area contributed by atoms with Crippen LogP contribution in [0.5, 0.6) is 0 Å². The highest BCUT2D eigenvalue weighted by Crippen LogP contribution is 2.37. The first kappa shape index (κ1) is 17.4. The summed E-state index contributed by atoms with van der Waals surface area (Å²) in [5, 5.41) is 10.8. The van der Waals surface area contributed by atoms with Gasteiger partial charge in [0.1, 0.15) is 0 Å². The lowest BCUT2D eigenvalue weighted by molar-refractivity contribution is -0.142. The van der Waals surface area contributed by atoms with Crippen LogP contribution in [0.1, 0.15) is 31.2 Å². The van der Waals surface area contributed by atoms with E-state index in [4.69, 9.17) is 16.3 Å². The Balaban J connectivity index is 1.47. The third-order valence-electron chi connectivity index (χ3n) is 4.82. The van der Waals surface area contributed by atoms with Crippen molar-refractivity contribution < 1.29 is 19.4 Å². The minimum absolute atomic E-state index is 0.0191. The molecule has 1 saturated heterocycles. The monoisotopic (exact) mass is 351 g/mol. The quantitative estimate of drug-likeness (QED) is 0.799. The minimum Gasteiger partial charge on any atom is -0.389 e. The average Bonchev–Trinajstić information content (AvgIpc) is 2.82. The third-order valence-corrected chi connectivity index (χ3v) is 5.07. The Morgan fingerprint density at radius 3 is 2.29 bits per heavy atom. The standard InChI is InChI=1S/C18H22ClNO4/c19-13-7-5-12(6-8-13)10-24-11-14(21)9-20-17(22)15-3-1-2-4-16(15)18(20)23/h5-8,14-16,21H,1-4,9-11H2. The minimum atomic E-state index is -0.870. The average molecular weight is 352 g/mol. The molecule has 2 aliphatic rings. The molecule has 0 aromatic heterocycles. The zero-order chi connectivity index (χ0) is 17.1. The van der Waals surface area contributed by atoms with E-state index in [1.54, 1.807) is 12.1 Å². The number of imide groups is 1. The molecule has 0 bridgehead atoms. The zero-order valence-electron chi connectivity index (χ0n) is 13.5. The summed E-state index contributed by atoms with van der Waals surface area (Å²) >= 11 is 5.82. The van der Waals surface area contributed by atoms with Crippen molar-refractivity contribution in [2.24, 2.45) is 11.8 Å². The van der Waals surface area contributed by atoms with Crippen LogP contribution < -0.4 is 0 Å². The molecule has 1 aliphatic carbocycles. The van der Waals surface area contributed by atoms with Crippen molar-refractivity contribution in [1.82, 2.24) is 4.90 Å². The van der Waals surface area contributed by atoms with E-state index >= 15 is 0 Å². The van der Waals surface area contributed by atoms with Gasteiger partial charge < -0.3 is 9.84 Å². The molecule has 5 nitrogen and oxygen atoms in total. The van der Waals surface area contributed by atoms with Gasteiger partial charge in [0.15, 0.2) is 0 Å². The van der Waals surface area contributed by atoms with Gasteiger partial charge >= 0.3 is 0 Å². The number of hydrogen-bond acceptors (Lipinski definition) is 4. The molecule has 3 unspecified atom stereocenters. The van der Waals surface area contributed by atoms with E-state index in [9.17, 15) is 14.7 Å². The summed E-state index contributed by atoms with van der Waals surface area (Å²) in [5.74, 6) is -0.593. The third kappa shape index (κ3) is 3.79.